The first kappa shape index (κ1) is 23.6. The maximum atomic E-state index is 6.21. The van der Waals surface area contributed by atoms with Gasteiger partial charge in [-0.25, -0.2) is 0 Å². The number of hydrogen-bond donors (Lipinski definition) is 2. The van der Waals surface area contributed by atoms with E-state index in [0.717, 1.165) is 24.2 Å². The lowest BCUT2D eigenvalue weighted by Gasteiger charge is -2.23. The van der Waals surface area contributed by atoms with E-state index >= 15 is 0 Å². The van der Waals surface area contributed by atoms with Crippen molar-refractivity contribution in [2.75, 3.05) is 18.0 Å². The second-order valence-corrected chi connectivity index (χ2v) is 7.29. The van der Waals surface area contributed by atoms with Crippen LogP contribution in [0, 0.1) is 0 Å². The van der Waals surface area contributed by atoms with Crippen LogP contribution in [-0.2, 0) is 5.54 Å². The average molecular weight is 430 g/mol. The van der Waals surface area contributed by atoms with Crippen LogP contribution in [0.15, 0.2) is 42.6 Å². The van der Waals surface area contributed by atoms with Gasteiger partial charge in [0.05, 0.1) is 17.4 Å². The number of nitrogens with one attached hydrogen (secondary N) is 1. The summed E-state index contributed by atoms with van der Waals surface area (Å²) in [5.41, 5.74) is 12.0. The molecule has 0 spiro atoms. The minimum Gasteiger partial charge on any atom is -0.370 e. The summed E-state index contributed by atoms with van der Waals surface area (Å²) in [5.74, 6) is 0. The third-order valence-corrected chi connectivity index (χ3v) is 4.96. The lowest BCUT2D eigenvalue weighted by molar-refractivity contribution is 0.554. The van der Waals surface area contributed by atoms with Crippen molar-refractivity contribution in [2.45, 2.75) is 32.2 Å². The fourth-order valence-corrected chi connectivity index (χ4v) is 3.60. The molecule has 1 fully saturated rings. The first-order chi connectivity index (χ1) is 11.5. The van der Waals surface area contributed by atoms with Crippen molar-refractivity contribution in [2.24, 2.45) is 5.73 Å². The number of hydrogen-bond acceptors (Lipinski definition) is 3. The van der Waals surface area contributed by atoms with E-state index in [0.29, 0.717) is 0 Å². The normalized spacial score (nSPS) is 13.7. The molecule has 3 aromatic rings. The molecule has 0 radical (unpaired) electrons. The molecule has 0 atom stereocenters. The number of nitrogens with two attached hydrogens (primary N) is 1. The van der Waals surface area contributed by atoms with Crippen molar-refractivity contribution < 1.29 is 0 Å². The molecule has 0 bridgehead atoms. The molecule has 1 aliphatic heterocycles. The molecule has 7 heteroatoms. The molecule has 27 heavy (non-hydrogen) atoms. The van der Waals surface area contributed by atoms with Crippen LogP contribution < -0.4 is 10.6 Å². The predicted molar refractivity (Wildman–Crippen MR) is 122 cm³/mol. The molecule has 4 nitrogen and oxygen atoms in total. The summed E-state index contributed by atoms with van der Waals surface area (Å²) in [6.07, 6.45) is 4.46. The molecule has 2 heterocycles. The molecule has 2 aromatic carbocycles. The third-order valence-electron chi connectivity index (χ3n) is 4.96. The first-order valence-corrected chi connectivity index (χ1v) is 8.65. The van der Waals surface area contributed by atoms with Crippen LogP contribution in [0.4, 0.5) is 5.69 Å². The summed E-state index contributed by atoms with van der Waals surface area (Å²) in [4.78, 5) is 2.49. The van der Waals surface area contributed by atoms with E-state index < -0.39 is 0 Å². The van der Waals surface area contributed by atoms with Gasteiger partial charge >= 0.3 is 0 Å². The van der Waals surface area contributed by atoms with Gasteiger partial charge in [-0.15, -0.1) is 37.2 Å². The van der Waals surface area contributed by atoms with Gasteiger partial charge in [-0.3, -0.25) is 5.10 Å². The van der Waals surface area contributed by atoms with Crippen molar-refractivity contribution in [1.82, 2.24) is 10.2 Å². The highest BCUT2D eigenvalue weighted by Crippen LogP contribution is 2.38. The number of halogens is 3. The average Bonchev–Trinajstić information content (AvgIpc) is 3.24. The Labute approximate surface area is 179 Å². The predicted octanol–water partition coefficient (Wildman–Crippen LogP) is 5.29. The Morgan fingerprint density at radius 2 is 1.59 bits per heavy atom. The molecule has 1 saturated heterocycles. The van der Waals surface area contributed by atoms with Gasteiger partial charge in [0.1, 0.15) is 0 Å². The minimum atomic E-state index is -0.315. The highest BCUT2D eigenvalue weighted by Gasteiger charge is 2.21. The van der Waals surface area contributed by atoms with Crippen LogP contribution in [0.1, 0.15) is 32.3 Å². The first-order valence-electron chi connectivity index (χ1n) is 8.65. The van der Waals surface area contributed by atoms with E-state index in [1.165, 1.54) is 35.0 Å². The molecule has 0 amide bonds. The fourth-order valence-electron chi connectivity index (χ4n) is 3.60. The number of benzene rings is 2. The largest absolute Gasteiger partial charge is 0.370 e. The quantitative estimate of drug-likeness (QED) is 0.595. The summed E-state index contributed by atoms with van der Waals surface area (Å²) >= 11 is 0. The zero-order valence-electron chi connectivity index (χ0n) is 15.6. The maximum absolute atomic E-state index is 6.21. The fraction of sp³-hybridized carbons (Fsp3) is 0.350. The molecule has 3 N–H and O–H groups in total. The zero-order chi connectivity index (χ0) is 16.7. The molecule has 1 aromatic heterocycles. The topological polar surface area (TPSA) is 57.9 Å². The van der Waals surface area contributed by atoms with Crippen LogP contribution in [0.2, 0.25) is 0 Å². The Hall–Kier alpha value is -1.46. The summed E-state index contributed by atoms with van der Waals surface area (Å²) in [5, 5.41) is 8.55. The lowest BCUT2D eigenvalue weighted by atomic mass is 9.92. The molecule has 0 saturated carbocycles. The zero-order valence-corrected chi connectivity index (χ0v) is 18.0. The number of aromatic nitrogens is 2. The van der Waals surface area contributed by atoms with Crippen LogP contribution in [0.25, 0.3) is 22.0 Å². The highest BCUT2D eigenvalue weighted by atomic mass is 35.5. The van der Waals surface area contributed by atoms with Crippen LogP contribution in [0.3, 0.4) is 0 Å². The van der Waals surface area contributed by atoms with Gasteiger partial charge in [0.25, 0.3) is 0 Å². The van der Waals surface area contributed by atoms with Gasteiger partial charge in [0, 0.05) is 29.6 Å². The van der Waals surface area contributed by atoms with Gasteiger partial charge < -0.3 is 10.6 Å². The van der Waals surface area contributed by atoms with E-state index in [2.05, 4.69) is 51.5 Å². The molecular weight excluding hydrogens is 403 g/mol. The van der Waals surface area contributed by atoms with E-state index in [9.17, 15) is 0 Å². The van der Waals surface area contributed by atoms with Crippen LogP contribution in [0.5, 0.6) is 0 Å². The summed E-state index contributed by atoms with van der Waals surface area (Å²) in [7, 11) is 0. The number of rotatable bonds is 3. The molecule has 4 rings (SSSR count). The summed E-state index contributed by atoms with van der Waals surface area (Å²) in [6, 6.07) is 13.0. The Morgan fingerprint density at radius 3 is 2.19 bits per heavy atom. The Morgan fingerprint density at radius 1 is 0.963 bits per heavy atom. The van der Waals surface area contributed by atoms with Gasteiger partial charge in [0.15, 0.2) is 0 Å². The number of aromatic amines is 1. The van der Waals surface area contributed by atoms with Gasteiger partial charge in [0.2, 0.25) is 0 Å². The van der Waals surface area contributed by atoms with E-state index in [4.69, 9.17) is 5.73 Å². The molecule has 148 valence electrons. The number of nitrogens with zero attached hydrogens (tertiary/aromatic N) is 2. The van der Waals surface area contributed by atoms with Crippen molar-refractivity contribution in [3.8, 4) is 11.1 Å². The Kier molecular flexibility index (Phi) is 8.00. The lowest BCUT2D eigenvalue weighted by Crippen LogP contribution is -2.28. The van der Waals surface area contributed by atoms with Gasteiger partial charge in [-0.05, 0) is 43.9 Å². The van der Waals surface area contributed by atoms with Crippen molar-refractivity contribution in [3.05, 3.63) is 48.2 Å². The van der Waals surface area contributed by atoms with Crippen molar-refractivity contribution in [3.63, 3.8) is 0 Å². The van der Waals surface area contributed by atoms with E-state index in [-0.39, 0.29) is 42.8 Å². The second kappa shape index (κ2) is 9.16. The third kappa shape index (κ3) is 4.52. The van der Waals surface area contributed by atoms with Crippen molar-refractivity contribution in [1.29, 1.82) is 0 Å². The minimum absolute atomic E-state index is 0. The van der Waals surface area contributed by atoms with Crippen LogP contribution in [-0.4, -0.2) is 23.3 Å². The number of H-pyrrole nitrogens is 1. The second-order valence-electron chi connectivity index (χ2n) is 7.29. The molecule has 0 aliphatic carbocycles. The van der Waals surface area contributed by atoms with E-state index in [1.54, 1.807) is 0 Å². The van der Waals surface area contributed by atoms with Crippen LogP contribution >= 0.6 is 37.2 Å². The summed E-state index contributed by atoms with van der Waals surface area (Å²) < 4.78 is 0. The van der Waals surface area contributed by atoms with Gasteiger partial charge in [-0.2, -0.15) is 5.10 Å². The Balaban J connectivity index is 0.00000121. The van der Waals surface area contributed by atoms with Gasteiger partial charge in [-0.1, -0.05) is 30.3 Å². The number of anilines is 1. The SMILES string of the molecule is CC(C)(N)c1ccc(-c2ccc3[nH]ncc3c2N2CCCC2)cc1.Cl.Cl.Cl. The summed E-state index contributed by atoms with van der Waals surface area (Å²) in [6.45, 7) is 6.31. The smallest absolute Gasteiger partial charge is 0.0671 e. The molecule has 0 unspecified atom stereocenters. The van der Waals surface area contributed by atoms with E-state index in [1.807, 2.05) is 20.0 Å². The maximum Gasteiger partial charge on any atom is 0.0671 e. The monoisotopic (exact) mass is 428 g/mol. The Bertz CT molecular complexity index is 863. The highest BCUT2D eigenvalue weighted by molar-refractivity contribution is 6.00. The molecule has 1 aliphatic rings. The standard InChI is InChI=1S/C20H24N4.3ClH/c1-20(2,21)15-7-5-14(6-8-15)16-9-10-18-17(13-22-23-18)19(16)24-11-3-4-12-24;;;/h5-10,13H,3-4,11-12,21H2,1-2H3,(H,22,23);3*1H. The number of fused-ring (bicyclic) bond motifs is 1. The molecular formula is C20H27Cl3N4. The van der Waals surface area contributed by atoms with Crippen molar-refractivity contribution >= 4 is 53.8 Å².